The van der Waals surface area contributed by atoms with Crippen LogP contribution in [-0.2, 0) is 16.1 Å². The summed E-state index contributed by atoms with van der Waals surface area (Å²) in [6.07, 6.45) is 3.24. The van der Waals surface area contributed by atoms with Gasteiger partial charge in [0.05, 0.1) is 5.41 Å². The molecule has 0 heterocycles. The van der Waals surface area contributed by atoms with Crippen LogP contribution in [0.15, 0.2) is 30.3 Å². The highest BCUT2D eigenvalue weighted by Crippen LogP contribution is 2.35. The summed E-state index contributed by atoms with van der Waals surface area (Å²) >= 11 is 0. The molecule has 0 amide bonds. The van der Waals surface area contributed by atoms with Gasteiger partial charge in [0, 0.05) is 5.54 Å². The Morgan fingerprint density at radius 2 is 1.81 bits per heavy atom. The lowest BCUT2D eigenvalue weighted by atomic mass is 9.74. The summed E-state index contributed by atoms with van der Waals surface area (Å²) in [4.78, 5) is 12.5. The minimum atomic E-state index is -0.511. The van der Waals surface area contributed by atoms with E-state index in [0.717, 1.165) is 24.8 Å². The Kier molecular flexibility index (Phi) is 6.41. The largest absolute Gasteiger partial charge is 0.460 e. The molecule has 118 valence electrons. The summed E-state index contributed by atoms with van der Waals surface area (Å²) in [7, 11) is 0. The van der Waals surface area contributed by atoms with E-state index in [1.807, 2.05) is 44.2 Å². The fourth-order valence-electron chi connectivity index (χ4n) is 2.73. The van der Waals surface area contributed by atoms with Gasteiger partial charge in [-0.25, -0.2) is 0 Å². The smallest absolute Gasteiger partial charge is 0.312 e. The standard InChI is InChI=1S/C18H29NO2/c1-5-12-17(3,14-18(4,19)6-2)16(20)21-13-15-10-8-7-9-11-15/h7-11H,5-6,12-14,19H2,1-4H3. The maximum atomic E-state index is 12.5. The topological polar surface area (TPSA) is 52.3 Å². The van der Waals surface area contributed by atoms with Crippen molar-refractivity contribution in [1.29, 1.82) is 0 Å². The first-order valence-corrected chi connectivity index (χ1v) is 7.83. The third-order valence-electron chi connectivity index (χ3n) is 4.11. The molecule has 0 aliphatic carbocycles. The van der Waals surface area contributed by atoms with E-state index in [0.29, 0.717) is 13.0 Å². The molecule has 0 bridgehead atoms. The Morgan fingerprint density at radius 3 is 2.33 bits per heavy atom. The van der Waals surface area contributed by atoms with Crippen LogP contribution >= 0.6 is 0 Å². The van der Waals surface area contributed by atoms with E-state index in [9.17, 15) is 4.79 Å². The number of benzene rings is 1. The Hall–Kier alpha value is -1.35. The molecule has 2 unspecified atom stereocenters. The van der Waals surface area contributed by atoms with E-state index in [4.69, 9.17) is 10.5 Å². The second-order valence-electron chi connectivity index (χ2n) is 6.56. The van der Waals surface area contributed by atoms with Crippen LogP contribution in [0.5, 0.6) is 0 Å². The van der Waals surface area contributed by atoms with Gasteiger partial charge in [-0.2, -0.15) is 0 Å². The summed E-state index contributed by atoms with van der Waals surface area (Å²) < 4.78 is 5.54. The minimum Gasteiger partial charge on any atom is -0.460 e. The number of hydrogen-bond acceptors (Lipinski definition) is 3. The third kappa shape index (κ3) is 5.50. The van der Waals surface area contributed by atoms with Crippen LogP contribution in [0, 0.1) is 5.41 Å². The molecule has 0 fully saturated rings. The summed E-state index contributed by atoms with van der Waals surface area (Å²) in [6.45, 7) is 8.45. The number of esters is 1. The van der Waals surface area contributed by atoms with Crippen molar-refractivity contribution in [2.24, 2.45) is 11.1 Å². The van der Waals surface area contributed by atoms with Crippen molar-refractivity contribution in [3.63, 3.8) is 0 Å². The van der Waals surface area contributed by atoms with Crippen LogP contribution in [0.4, 0.5) is 0 Å². The van der Waals surface area contributed by atoms with Crippen LogP contribution in [0.2, 0.25) is 0 Å². The second-order valence-corrected chi connectivity index (χ2v) is 6.56. The van der Waals surface area contributed by atoms with E-state index < -0.39 is 5.41 Å². The van der Waals surface area contributed by atoms with Crippen LogP contribution < -0.4 is 5.73 Å². The van der Waals surface area contributed by atoms with Gasteiger partial charge >= 0.3 is 5.97 Å². The van der Waals surface area contributed by atoms with Crippen molar-refractivity contribution in [2.45, 2.75) is 65.5 Å². The first kappa shape index (κ1) is 17.7. The van der Waals surface area contributed by atoms with Gasteiger partial charge < -0.3 is 10.5 Å². The average Bonchev–Trinajstić information content (AvgIpc) is 2.45. The SMILES string of the molecule is CCCC(C)(CC(C)(N)CC)C(=O)OCc1ccccc1. The number of carbonyl (C=O) groups is 1. The normalized spacial score (nSPS) is 16.8. The predicted octanol–water partition coefficient (Wildman–Crippen LogP) is 4.05. The number of carbonyl (C=O) groups excluding carboxylic acids is 1. The molecule has 3 nitrogen and oxygen atoms in total. The van der Waals surface area contributed by atoms with Crippen LogP contribution in [-0.4, -0.2) is 11.5 Å². The van der Waals surface area contributed by atoms with Gasteiger partial charge in [0.2, 0.25) is 0 Å². The molecular weight excluding hydrogens is 262 g/mol. The van der Waals surface area contributed by atoms with Crippen molar-refractivity contribution >= 4 is 5.97 Å². The second kappa shape index (κ2) is 7.60. The van der Waals surface area contributed by atoms with Gasteiger partial charge in [-0.1, -0.05) is 50.6 Å². The van der Waals surface area contributed by atoms with E-state index in [-0.39, 0.29) is 11.5 Å². The molecule has 0 aliphatic heterocycles. The summed E-state index contributed by atoms with van der Waals surface area (Å²) in [6, 6.07) is 9.77. The lowest BCUT2D eigenvalue weighted by molar-refractivity contribution is -0.158. The maximum absolute atomic E-state index is 12.5. The molecule has 0 radical (unpaired) electrons. The first-order chi connectivity index (χ1) is 9.83. The molecule has 1 rings (SSSR count). The van der Waals surface area contributed by atoms with Gasteiger partial charge in [-0.15, -0.1) is 0 Å². The van der Waals surface area contributed by atoms with Crippen LogP contribution in [0.25, 0.3) is 0 Å². The monoisotopic (exact) mass is 291 g/mol. The summed E-state index contributed by atoms with van der Waals surface area (Å²) in [5.41, 5.74) is 6.43. The van der Waals surface area contributed by atoms with Crippen molar-refractivity contribution in [3.05, 3.63) is 35.9 Å². The van der Waals surface area contributed by atoms with Crippen LogP contribution in [0.3, 0.4) is 0 Å². The molecule has 0 saturated carbocycles. The van der Waals surface area contributed by atoms with Gasteiger partial charge in [0.25, 0.3) is 0 Å². The quantitative estimate of drug-likeness (QED) is 0.735. The van der Waals surface area contributed by atoms with E-state index in [1.165, 1.54) is 0 Å². The maximum Gasteiger partial charge on any atom is 0.312 e. The highest BCUT2D eigenvalue weighted by Gasteiger charge is 2.39. The lowest BCUT2D eigenvalue weighted by Gasteiger charge is -2.35. The van der Waals surface area contributed by atoms with Crippen molar-refractivity contribution in [2.75, 3.05) is 0 Å². The molecule has 1 aromatic carbocycles. The number of nitrogens with two attached hydrogens (primary N) is 1. The molecule has 0 saturated heterocycles. The zero-order valence-corrected chi connectivity index (χ0v) is 13.8. The van der Waals surface area contributed by atoms with Crippen molar-refractivity contribution in [3.8, 4) is 0 Å². The Bertz CT molecular complexity index is 442. The summed E-state index contributed by atoms with van der Waals surface area (Å²) in [5, 5.41) is 0. The molecular formula is C18H29NO2. The molecule has 1 aromatic rings. The molecule has 0 aromatic heterocycles. The summed E-state index contributed by atoms with van der Waals surface area (Å²) in [5.74, 6) is -0.140. The van der Waals surface area contributed by atoms with Crippen LogP contribution in [0.1, 0.15) is 58.9 Å². The fraction of sp³-hybridized carbons (Fsp3) is 0.611. The third-order valence-corrected chi connectivity index (χ3v) is 4.11. The van der Waals surface area contributed by atoms with Crippen molar-refractivity contribution < 1.29 is 9.53 Å². The van der Waals surface area contributed by atoms with E-state index in [2.05, 4.69) is 13.8 Å². The van der Waals surface area contributed by atoms with Gasteiger partial charge in [-0.05, 0) is 38.7 Å². The predicted molar refractivity (Wildman–Crippen MR) is 86.8 cm³/mol. The first-order valence-electron chi connectivity index (χ1n) is 7.83. The molecule has 0 spiro atoms. The Morgan fingerprint density at radius 1 is 1.19 bits per heavy atom. The highest BCUT2D eigenvalue weighted by atomic mass is 16.5. The highest BCUT2D eigenvalue weighted by molar-refractivity contribution is 5.76. The van der Waals surface area contributed by atoms with Gasteiger partial charge in [0.1, 0.15) is 6.61 Å². The zero-order valence-electron chi connectivity index (χ0n) is 13.8. The fourth-order valence-corrected chi connectivity index (χ4v) is 2.73. The molecule has 0 aliphatic rings. The zero-order chi connectivity index (χ0) is 15.9. The molecule has 21 heavy (non-hydrogen) atoms. The Balaban J connectivity index is 2.72. The molecule has 3 heteroatoms. The van der Waals surface area contributed by atoms with Gasteiger partial charge in [-0.3, -0.25) is 4.79 Å². The van der Waals surface area contributed by atoms with Gasteiger partial charge in [0.15, 0.2) is 0 Å². The Labute approximate surface area is 128 Å². The van der Waals surface area contributed by atoms with E-state index >= 15 is 0 Å². The lowest BCUT2D eigenvalue weighted by Crippen LogP contribution is -2.44. The number of rotatable bonds is 8. The number of hydrogen-bond donors (Lipinski definition) is 1. The number of ether oxygens (including phenoxy) is 1. The van der Waals surface area contributed by atoms with E-state index in [1.54, 1.807) is 0 Å². The minimum absolute atomic E-state index is 0.140. The van der Waals surface area contributed by atoms with Crippen molar-refractivity contribution in [1.82, 2.24) is 0 Å². The molecule has 2 atom stereocenters. The average molecular weight is 291 g/mol. The molecule has 2 N–H and O–H groups in total.